The molecule has 1 N–H and O–H groups in total. The number of benzene rings is 1. The van der Waals surface area contributed by atoms with Crippen LogP contribution in [-0.2, 0) is 10.0 Å². The Morgan fingerprint density at radius 3 is 2.44 bits per heavy atom. The van der Waals surface area contributed by atoms with Crippen molar-refractivity contribution in [3.8, 4) is 0 Å². The molecule has 0 saturated carbocycles. The van der Waals surface area contributed by atoms with Gasteiger partial charge in [-0.2, -0.15) is 4.31 Å². The molecule has 1 aromatic carbocycles. The summed E-state index contributed by atoms with van der Waals surface area (Å²) in [6, 6.07) is 5.27. The zero-order chi connectivity index (χ0) is 11.9. The van der Waals surface area contributed by atoms with Gasteiger partial charge in [0.2, 0.25) is 10.0 Å². The largest absolute Gasteiger partial charge is 0.390 e. The Morgan fingerprint density at radius 1 is 1.31 bits per heavy atom. The van der Waals surface area contributed by atoms with Crippen LogP contribution >= 0.6 is 0 Å². The van der Waals surface area contributed by atoms with Crippen molar-refractivity contribution in [1.82, 2.24) is 4.31 Å². The third-order valence-corrected chi connectivity index (χ3v) is 4.77. The summed E-state index contributed by atoms with van der Waals surface area (Å²) in [5.41, 5.74) is 1.79. The lowest BCUT2D eigenvalue weighted by atomic mass is 10.2. The van der Waals surface area contributed by atoms with Gasteiger partial charge in [-0.05, 0) is 25.5 Å². The standard InChI is InChI=1S/C11H15NO3S/c1-8-3-4-11(9(2)5-8)16(14,15)12-6-10(13)7-12/h3-5,10,13H,6-7H2,1-2H3. The van der Waals surface area contributed by atoms with Gasteiger partial charge < -0.3 is 5.11 Å². The van der Waals surface area contributed by atoms with Crippen molar-refractivity contribution in [1.29, 1.82) is 0 Å². The molecule has 1 fully saturated rings. The number of rotatable bonds is 2. The first-order valence-electron chi connectivity index (χ1n) is 5.17. The van der Waals surface area contributed by atoms with E-state index in [0.717, 1.165) is 11.1 Å². The molecule has 16 heavy (non-hydrogen) atoms. The van der Waals surface area contributed by atoms with Crippen molar-refractivity contribution in [3.63, 3.8) is 0 Å². The van der Waals surface area contributed by atoms with E-state index in [1.807, 2.05) is 13.0 Å². The molecule has 1 aliphatic rings. The first kappa shape index (κ1) is 11.6. The van der Waals surface area contributed by atoms with E-state index in [9.17, 15) is 8.42 Å². The Balaban J connectivity index is 2.36. The lowest BCUT2D eigenvalue weighted by Crippen LogP contribution is -2.53. The van der Waals surface area contributed by atoms with Crippen molar-refractivity contribution in [2.75, 3.05) is 13.1 Å². The Morgan fingerprint density at radius 2 is 1.94 bits per heavy atom. The van der Waals surface area contributed by atoms with Gasteiger partial charge in [0, 0.05) is 13.1 Å². The quantitative estimate of drug-likeness (QED) is 0.828. The predicted molar refractivity (Wildman–Crippen MR) is 60.7 cm³/mol. The van der Waals surface area contributed by atoms with Gasteiger partial charge in [-0.15, -0.1) is 0 Å². The maximum atomic E-state index is 12.1. The van der Waals surface area contributed by atoms with Crippen molar-refractivity contribution < 1.29 is 13.5 Å². The molecule has 0 aromatic heterocycles. The number of hydrogen-bond donors (Lipinski definition) is 1. The number of sulfonamides is 1. The van der Waals surface area contributed by atoms with Crippen LogP contribution in [0.5, 0.6) is 0 Å². The molecule has 5 heteroatoms. The lowest BCUT2D eigenvalue weighted by molar-refractivity contribution is 0.0547. The van der Waals surface area contributed by atoms with Crippen LogP contribution in [0.15, 0.2) is 23.1 Å². The van der Waals surface area contributed by atoms with Crippen molar-refractivity contribution >= 4 is 10.0 Å². The predicted octanol–water partition coefficient (Wildman–Crippen LogP) is 0.669. The lowest BCUT2D eigenvalue weighted by Gasteiger charge is -2.34. The van der Waals surface area contributed by atoms with E-state index in [1.165, 1.54) is 4.31 Å². The number of aryl methyl sites for hydroxylation is 2. The molecule has 0 unspecified atom stereocenters. The summed E-state index contributed by atoms with van der Waals surface area (Å²) in [5, 5.41) is 9.14. The van der Waals surface area contributed by atoms with Crippen molar-refractivity contribution in [2.24, 2.45) is 0 Å². The van der Waals surface area contributed by atoms with Gasteiger partial charge in [-0.25, -0.2) is 8.42 Å². The number of hydrogen-bond acceptors (Lipinski definition) is 3. The normalized spacial score (nSPS) is 18.4. The smallest absolute Gasteiger partial charge is 0.243 e. The molecule has 0 amide bonds. The Bertz CT molecular complexity index is 504. The topological polar surface area (TPSA) is 57.6 Å². The Labute approximate surface area is 95.6 Å². The van der Waals surface area contributed by atoms with Crippen LogP contribution in [0.25, 0.3) is 0 Å². The highest BCUT2D eigenvalue weighted by Crippen LogP contribution is 2.24. The first-order valence-corrected chi connectivity index (χ1v) is 6.61. The van der Waals surface area contributed by atoms with Crippen molar-refractivity contribution in [3.05, 3.63) is 29.3 Å². The fourth-order valence-electron chi connectivity index (χ4n) is 1.84. The highest BCUT2D eigenvalue weighted by atomic mass is 32.2. The van der Waals surface area contributed by atoms with Gasteiger partial charge in [0.25, 0.3) is 0 Å². The minimum Gasteiger partial charge on any atom is -0.390 e. The van der Waals surface area contributed by atoms with Gasteiger partial charge >= 0.3 is 0 Å². The second kappa shape index (κ2) is 3.84. The molecular formula is C11H15NO3S. The molecule has 0 bridgehead atoms. The van der Waals surface area contributed by atoms with Crippen LogP contribution in [0, 0.1) is 13.8 Å². The van der Waals surface area contributed by atoms with E-state index < -0.39 is 16.1 Å². The zero-order valence-electron chi connectivity index (χ0n) is 9.34. The molecule has 1 aliphatic heterocycles. The summed E-state index contributed by atoms with van der Waals surface area (Å²) >= 11 is 0. The Hall–Kier alpha value is -0.910. The summed E-state index contributed by atoms with van der Waals surface area (Å²) in [4.78, 5) is 0.338. The molecule has 1 aromatic rings. The van der Waals surface area contributed by atoms with Gasteiger partial charge in [0.05, 0.1) is 11.0 Å². The van der Waals surface area contributed by atoms with E-state index in [2.05, 4.69) is 0 Å². The van der Waals surface area contributed by atoms with E-state index in [0.29, 0.717) is 4.90 Å². The van der Waals surface area contributed by atoms with Gasteiger partial charge in [-0.3, -0.25) is 0 Å². The number of aliphatic hydroxyl groups excluding tert-OH is 1. The molecule has 0 radical (unpaired) electrons. The summed E-state index contributed by atoms with van der Waals surface area (Å²) in [7, 11) is -3.41. The molecule has 1 heterocycles. The van der Waals surface area contributed by atoms with Crippen LogP contribution in [0.3, 0.4) is 0 Å². The monoisotopic (exact) mass is 241 g/mol. The molecule has 0 aliphatic carbocycles. The van der Waals surface area contributed by atoms with E-state index >= 15 is 0 Å². The van der Waals surface area contributed by atoms with Crippen LogP contribution < -0.4 is 0 Å². The summed E-state index contributed by atoms with van der Waals surface area (Å²) in [5.74, 6) is 0. The van der Waals surface area contributed by atoms with Crippen LogP contribution in [0.1, 0.15) is 11.1 Å². The van der Waals surface area contributed by atoms with Crippen LogP contribution in [0.4, 0.5) is 0 Å². The van der Waals surface area contributed by atoms with Gasteiger partial charge in [-0.1, -0.05) is 17.7 Å². The van der Waals surface area contributed by atoms with Crippen molar-refractivity contribution in [2.45, 2.75) is 24.8 Å². The fraction of sp³-hybridized carbons (Fsp3) is 0.455. The third-order valence-electron chi connectivity index (χ3n) is 2.78. The second-order valence-electron chi connectivity index (χ2n) is 4.24. The molecular weight excluding hydrogens is 226 g/mol. The first-order chi connectivity index (χ1) is 7.41. The molecule has 88 valence electrons. The average molecular weight is 241 g/mol. The third kappa shape index (κ3) is 1.86. The van der Waals surface area contributed by atoms with Crippen LogP contribution in [-0.4, -0.2) is 37.0 Å². The number of β-amino-alcohol motifs (C(OH)–C–C–N with tert-alkyl or cyclic N) is 1. The number of nitrogens with zero attached hydrogens (tertiary/aromatic N) is 1. The van der Waals surface area contributed by atoms with E-state index in [4.69, 9.17) is 5.11 Å². The molecule has 0 atom stereocenters. The second-order valence-corrected chi connectivity index (χ2v) is 6.15. The molecule has 4 nitrogen and oxygen atoms in total. The SMILES string of the molecule is Cc1ccc(S(=O)(=O)N2CC(O)C2)c(C)c1. The maximum Gasteiger partial charge on any atom is 0.243 e. The molecule has 1 saturated heterocycles. The van der Waals surface area contributed by atoms with Gasteiger partial charge in [0.15, 0.2) is 0 Å². The fourth-order valence-corrected chi connectivity index (χ4v) is 3.56. The van der Waals surface area contributed by atoms with Crippen LogP contribution in [0.2, 0.25) is 0 Å². The minimum atomic E-state index is -3.41. The summed E-state index contributed by atoms with van der Waals surface area (Å²) < 4.78 is 25.5. The van der Waals surface area contributed by atoms with E-state index in [-0.39, 0.29) is 13.1 Å². The molecule has 2 rings (SSSR count). The maximum absolute atomic E-state index is 12.1. The van der Waals surface area contributed by atoms with E-state index in [1.54, 1.807) is 19.1 Å². The summed E-state index contributed by atoms with van der Waals surface area (Å²) in [6.45, 7) is 4.12. The molecule has 0 spiro atoms. The highest BCUT2D eigenvalue weighted by molar-refractivity contribution is 7.89. The zero-order valence-corrected chi connectivity index (χ0v) is 10.2. The average Bonchev–Trinajstić information content (AvgIpc) is 2.12. The highest BCUT2D eigenvalue weighted by Gasteiger charge is 2.36. The minimum absolute atomic E-state index is 0.204. The number of aliphatic hydroxyl groups is 1. The van der Waals surface area contributed by atoms with Gasteiger partial charge in [0.1, 0.15) is 0 Å². The Kier molecular flexibility index (Phi) is 2.77. The summed E-state index contributed by atoms with van der Waals surface area (Å²) in [6.07, 6.45) is -0.513.